The van der Waals surface area contributed by atoms with Gasteiger partial charge in [0, 0.05) is 34.1 Å². The van der Waals surface area contributed by atoms with Gasteiger partial charge in [0.2, 0.25) is 0 Å². The molecular formula is C26H27ClF3N3O. The first-order valence-corrected chi connectivity index (χ1v) is 11.6. The fourth-order valence-electron chi connectivity index (χ4n) is 4.68. The average Bonchev–Trinajstić information content (AvgIpc) is 2.78. The lowest BCUT2D eigenvalue weighted by Crippen LogP contribution is -2.35. The van der Waals surface area contributed by atoms with Gasteiger partial charge in [-0.15, -0.1) is 0 Å². The molecule has 1 aliphatic carbocycles. The minimum Gasteiger partial charge on any atom is -0.358 e. The van der Waals surface area contributed by atoms with Crippen LogP contribution in [0.15, 0.2) is 52.3 Å². The van der Waals surface area contributed by atoms with Gasteiger partial charge in [-0.2, -0.15) is 13.2 Å². The number of hydrogen-bond acceptors (Lipinski definition) is 3. The first-order valence-electron chi connectivity index (χ1n) is 11.3. The zero-order valence-electron chi connectivity index (χ0n) is 19.3. The number of aromatic nitrogens is 1. The van der Waals surface area contributed by atoms with Gasteiger partial charge in [-0.05, 0) is 75.3 Å². The Labute approximate surface area is 201 Å². The lowest BCUT2D eigenvalue weighted by Gasteiger charge is -2.32. The third-order valence-electron chi connectivity index (χ3n) is 6.47. The van der Waals surface area contributed by atoms with Crippen molar-refractivity contribution in [2.24, 2.45) is 10.9 Å². The van der Waals surface area contributed by atoms with E-state index < -0.39 is 11.7 Å². The Balaban J connectivity index is 1.80. The highest BCUT2D eigenvalue weighted by atomic mass is 35.5. The van der Waals surface area contributed by atoms with Gasteiger partial charge in [0.1, 0.15) is 0 Å². The van der Waals surface area contributed by atoms with Crippen molar-refractivity contribution >= 4 is 28.2 Å². The molecule has 3 aromatic rings. The van der Waals surface area contributed by atoms with Crippen LogP contribution in [0.5, 0.6) is 0 Å². The minimum absolute atomic E-state index is 0.109. The van der Waals surface area contributed by atoms with E-state index in [1.165, 1.54) is 12.1 Å². The second-order valence-electron chi connectivity index (χ2n) is 9.14. The minimum atomic E-state index is -4.38. The Bertz CT molecular complexity index is 1280. The second kappa shape index (κ2) is 9.55. The van der Waals surface area contributed by atoms with Gasteiger partial charge < -0.3 is 9.88 Å². The molecular weight excluding hydrogens is 463 g/mol. The first kappa shape index (κ1) is 24.5. The van der Waals surface area contributed by atoms with E-state index in [2.05, 4.69) is 9.88 Å². The monoisotopic (exact) mass is 489 g/mol. The molecule has 1 aromatic heterocycles. The predicted molar refractivity (Wildman–Crippen MR) is 131 cm³/mol. The van der Waals surface area contributed by atoms with E-state index in [4.69, 9.17) is 16.6 Å². The lowest BCUT2D eigenvalue weighted by molar-refractivity contribution is -0.137. The summed E-state index contributed by atoms with van der Waals surface area (Å²) in [6.45, 7) is 3.42. The van der Waals surface area contributed by atoms with Crippen LogP contribution in [0.3, 0.4) is 0 Å². The molecule has 2 unspecified atom stereocenters. The number of nitrogens with zero attached hydrogens (tertiary/aromatic N) is 2. The van der Waals surface area contributed by atoms with Crippen molar-refractivity contribution in [1.82, 2.24) is 9.88 Å². The van der Waals surface area contributed by atoms with Crippen LogP contribution in [-0.4, -0.2) is 42.8 Å². The van der Waals surface area contributed by atoms with E-state index in [1.54, 1.807) is 18.2 Å². The van der Waals surface area contributed by atoms with Crippen LogP contribution in [0.2, 0.25) is 5.02 Å². The standard InChI is InChI=1S/C26H27ClF3N3O/c1-15-19(16-5-7-17(8-6-16)26(28,29)30)14-22-23(24(15)31-11-4-12-33(2)3)25(34)20-13-18(27)9-10-21(20)32-22/h5-10,13,15,19H,4,11-12,14H2,1-3H3,(H,32,34)/b31-24-. The Hall–Kier alpha value is -2.64. The van der Waals surface area contributed by atoms with E-state index in [1.807, 2.05) is 21.0 Å². The predicted octanol–water partition coefficient (Wildman–Crippen LogP) is 5.92. The van der Waals surface area contributed by atoms with Crippen LogP contribution in [0.4, 0.5) is 13.2 Å². The van der Waals surface area contributed by atoms with E-state index in [-0.39, 0.29) is 17.3 Å². The summed E-state index contributed by atoms with van der Waals surface area (Å²) in [5, 5.41) is 0.987. The molecule has 4 rings (SSSR count). The molecule has 0 saturated heterocycles. The SMILES string of the molecule is CC1/C(=N/CCCN(C)C)c2c([nH]c3ccc(Cl)cc3c2=O)CC1c1ccc(C(F)(F)F)cc1. The molecule has 180 valence electrons. The smallest absolute Gasteiger partial charge is 0.358 e. The van der Waals surface area contributed by atoms with Gasteiger partial charge in [0.05, 0.1) is 16.8 Å². The molecule has 4 nitrogen and oxygen atoms in total. The zero-order valence-corrected chi connectivity index (χ0v) is 20.1. The van der Waals surface area contributed by atoms with Gasteiger partial charge in [0.15, 0.2) is 5.43 Å². The van der Waals surface area contributed by atoms with Crippen molar-refractivity contribution in [3.8, 4) is 0 Å². The largest absolute Gasteiger partial charge is 0.416 e. The van der Waals surface area contributed by atoms with Gasteiger partial charge in [0.25, 0.3) is 0 Å². The van der Waals surface area contributed by atoms with Gasteiger partial charge >= 0.3 is 6.18 Å². The summed E-state index contributed by atoms with van der Waals surface area (Å²) in [6, 6.07) is 10.5. The molecule has 0 amide bonds. The molecule has 0 spiro atoms. The van der Waals surface area contributed by atoms with Crippen molar-refractivity contribution in [2.45, 2.75) is 31.9 Å². The number of rotatable bonds is 5. The maximum absolute atomic E-state index is 13.5. The Morgan fingerprint density at radius 2 is 1.85 bits per heavy atom. The van der Waals surface area contributed by atoms with Crippen molar-refractivity contribution in [3.05, 3.63) is 80.1 Å². The maximum atomic E-state index is 13.5. The molecule has 0 fully saturated rings. The third-order valence-corrected chi connectivity index (χ3v) is 6.70. The molecule has 1 heterocycles. The van der Waals surface area contributed by atoms with Gasteiger partial charge in [-0.3, -0.25) is 9.79 Å². The molecule has 34 heavy (non-hydrogen) atoms. The number of pyridine rings is 1. The molecule has 1 aliphatic rings. The summed E-state index contributed by atoms with van der Waals surface area (Å²) >= 11 is 6.15. The normalized spacial score (nSPS) is 19.7. The summed E-state index contributed by atoms with van der Waals surface area (Å²) < 4.78 is 39.2. The van der Waals surface area contributed by atoms with Crippen LogP contribution in [0.25, 0.3) is 10.9 Å². The first-order chi connectivity index (χ1) is 16.1. The topological polar surface area (TPSA) is 48.5 Å². The summed E-state index contributed by atoms with van der Waals surface area (Å²) in [6.07, 6.45) is -3.04. The maximum Gasteiger partial charge on any atom is 0.416 e. The van der Waals surface area contributed by atoms with E-state index in [0.717, 1.165) is 36.4 Å². The Morgan fingerprint density at radius 1 is 1.15 bits per heavy atom. The van der Waals surface area contributed by atoms with Crippen molar-refractivity contribution in [3.63, 3.8) is 0 Å². The summed E-state index contributed by atoms with van der Waals surface area (Å²) in [7, 11) is 3.99. The number of benzene rings is 2. The van der Waals surface area contributed by atoms with Crippen molar-refractivity contribution in [1.29, 1.82) is 0 Å². The fourth-order valence-corrected chi connectivity index (χ4v) is 4.86. The third kappa shape index (κ3) is 4.91. The number of H-pyrrole nitrogens is 1. The number of fused-ring (bicyclic) bond motifs is 2. The zero-order chi connectivity index (χ0) is 24.6. The van der Waals surface area contributed by atoms with Crippen LogP contribution in [-0.2, 0) is 12.6 Å². The highest BCUT2D eigenvalue weighted by Gasteiger charge is 2.35. The molecule has 0 aliphatic heterocycles. The number of nitrogens with one attached hydrogen (secondary N) is 1. The number of hydrogen-bond donors (Lipinski definition) is 1. The highest BCUT2D eigenvalue weighted by molar-refractivity contribution is 6.31. The highest BCUT2D eigenvalue weighted by Crippen LogP contribution is 2.38. The van der Waals surface area contributed by atoms with Crippen LogP contribution < -0.4 is 5.43 Å². The second-order valence-corrected chi connectivity index (χ2v) is 9.58. The van der Waals surface area contributed by atoms with E-state index >= 15 is 0 Å². The van der Waals surface area contributed by atoms with Crippen LogP contribution >= 0.6 is 11.6 Å². The summed E-state index contributed by atoms with van der Waals surface area (Å²) in [5.41, 5.74) is 2.71. The molecule has 8 heteroatoms. The quantitative estimate of drug-likeness (QED) is 0.452. The molecule has 2 aromatic carbocycles. The summed E-state index contributed by atoms with van der Waals surface area (Å²) in [5.74, 6) is -0.246. The van der Waals surface area contributed by atoms with Crippen LogP contribution in [0.1, 0.15) is 41.6 Å². The molecule has 1 N–H and O–H groups in total. The van der Waals surface area contributed by atoms with Crippen molar-refractivity contribution in [2.75, 3.05) is 27.2 Å². The van der Waals surface area contributed by atoms with E-state index in [0.29, 0.717) is 40.2 Å². The molecule has 2 atom stereocenters. The van der Waals surface area contributed by atoms with Gasteiger partial charge in [-0.25, -0.2) is 0 Å². The Morgan fingerprint density at radius 3 is 2.50 bits per heavy atom. The molecule has 0 saturated carbocycles. The number of aliphatic imine (C=N–C) groups is 1. The van der Waals surface area contributed by atoms with E-state index in [9.17, 15) is 18.0 Å². The van der Waals surface area contributed by atoms with Crippen molar-refractivity contribution < 1.29 is 13.2 Å². The summed E-state index contributed by atoms with van der Waals surface area (Å²) in [4.78, 5) is 23.8. The fraction of sp³-hybridized carbons (Fsp3) is 0.385. The number of alkyl halides is 3. The number of halogens is 4. The van der Waals surface area contributed by atoms with Crippen LogP contribution in [0, 0.1) is 5.92 Å². The number of aromatic amines is 1. The lowest BCUT2D eigenvalue weighted by atomic mass is 9.73. The van der Waals surface area contributed by atoms with Gasteiger partial charge in [-0.1, -0.05) is 30.7 Å². The molecule has 0 bridgehead atoms. The Kier molecular flexibility index (Phi) is 6.87. The average molecular weight is 490 g/mol. The molecule has 0 radical (unpaired) electrons.